The molecule has 2 aromatic carbocycles. The predicted molar refractivity (Wildman–Crippen MR) is 103 cm³/mol. The van der Waals surface area contributed by atoms with Crippen molar-refractivity contribution in [3.8, 4) is 0 Å². The topological polar surface area (TPSA) is 66.1 Å². The van der Waals surface area contributed by atoms with Crippen molar-refractivity contribution in [2.24, 2.45) is 5.92 Å². The molecule has 1 amide bonds. The molecule has 3 aromatic rings. The van der Waals surface area contributed by atoms with E-state index in [4.69, 9.17) is 0 Å². The van der Waals surface area contributed by atoms with Crippen LogP contribution in [0.15, 0.2) is 42.7 Å². The zero-order chi connectivity index (χ0) is 18.4. The highest BCUT2D eigenvalue weighted by molar-refractivity contribution is 6.11. The molecule has 1 fully saturated rings. The maximum Gasteiger partial charge on any atom is 0.257 e. The van der Waals surface area contributed by atoms with Gasteiger partial charge in [-0.15, -0.1) is 0 Å². The van der Waals surface area contributed by atoms with Crippen molar-refractivity contribution in [1.29, 1.82) is 0 Å². The minimum absolute atomic E-state index is 0.0540. The van der Waals surface area contributed by atoms with Crippen LogP contribution in [-0.4, -0.2) is 39.9 Å². The Morgan fingerprint density at radius 1 is 1.11 bits per heavy atom. The smallest absolute Gasteiger partial charge is 0.257 e. The molecule has 0 saturated carbocycles. The molecule has 2 heterocycles. The number of likely N-dealkylation sites (tertiary alicyclic amines) is 1. The van der Waals surface area contributed by atoms with Crippen molar-refractivity contribution in [3.05, 3.63) is 65.0 Å². The molecule has 0 unspecified atom stereocenters. The van der Waals surface area contributed by atoms with Crippen LogP contribution in [0.5, 0.6) is 0 Å². The number of aromatic nitrogens is 2. The van der Waals surface area contributed by atoms with E-state index in [1.165, 1.54) is 22.7 Å². The number of hydrogen-bond donors (Lipinski definition) is 1. The van der Waals surface area contributed by atoms with Crippen LogP contribution in [-0.2, 0) is 12.8 Å². The molecule has 1 aliphatic carbocycles. The van der Waals surface area contributed by atoms with Crippen LogP contribution in [0.1, 0.15) is 44.7 Å². The van der Waals surface area contributed by atoms with E-state index in [1.807, 2.05) is 6.07 Å². The number of nitrogens with one attached hydrogen (secondary N) is 1. The van der Waals surface area contributed by atoms with Gasteiger partial charge in [-0.3, -0.25) is 14.7 Å². The predicted octanol–water partition coefficient (Wildman–Crippen LogP) is 3.40. The summed E-state index contributed by atoms with van der Waals surface area (Å²) in [5.74, 6) is -0.0370. The van der Waals surface area contributed by atoms with Gasteiger partial charge in [0, 0.05) is 30.8 Å². The first-order valence-electron chi connectivity index (χ1n) is 9.58. The molecule has 0 spiro atoms. The molecule has 0 bridgehead atoms. The molecule has 5 heteroatoms. The lowest BCUT2D eigenvalue weighted by atomic mass is 9.87. The second kappa shape index (κ2) is 6.34. The first-order valence-corrected chi connectivity index (χ1v) is 9.58. The molecule has 1 saturated heterocycles. The van der Waals surface area contributed by atoms with E-state index >= 15 is 0 Å². The van der Waals surface area contributed by atoms with Gasteiger partial charge in [-0.05, 0) is 47.6 Å². The molecule has 1 aliphatic heterocycles. The maximum atomic E-state index is 13.4. The summed E-state index contributed by atoms with van der Waals surface area (Å²) >= 11 is 0. The monoisotopic (exact) mass is 359 g/mol. The Kier molecular flexibility index (Phi) is 3.81. The number of ketones is 1. The van der Waals surface area contributed by atoms with E-state index < -0.39 is 0 Å². The van der Waals surface area contributed by atoms with E-state index in [-0.39, 0.29) is 17.6 Å². The van der Waals surface area contributed by atoms with Crippen LogP contribution < -0.4 is 0 Å². The molecule has 1 N–H and O–H groups in total. The average molecular weight is 359 g/mol. The number of Topliss-reactive ketones (excluding diaryl/α,β-unsaturated/α-hetero) is 1. The number of rotatable bonds is 3. The van der Waals surface area contributed by atoms with Crippen LogP contribution in [0.25, 0.3) is 10.8 Å². The summed E-state index contributed by atoms with van der Waals surface area (Å²) in [7, 11) is 0. The fraction of sp³-hybridized carbons (Fsp3) is 0.318. The number of carbonyl (C=O) groups is 2. The Hall–Kier alpha value is -2.95. The van der Waals surface area contributed by atoms with Crippen molar-refractivity contribution >= 4 is 22.5 Å². The summed E-state index contributed by atoms with van der Waals surface area (Å²) in [4.78, 5) is 27.8. The third kappa shape index (κ3) is 2.65. The van der Waals surface area contributed by atoms with Gasteiger partial charge in [0.25, 0.3) is 5.91 Å². The first kappa shape index (κ1) is 16.2. The van der Waals surface area contributed by atoms with Crippen molar-refractivity contribution in [3.63, 3.8) is 0 Å². The minimum Gasteiger partial charge on any atom is -0.338 e. The average Bonchev–Trinajstić information content (AvgIpc) is 3.39. The summed E-state index contributed by atoms with van der Waals surface area (Å²) in [6, 6.07) is 10.4. The highest BCUT2D eigenvalue weighted by Gasteiger charge is 2.31. The molecular weight excluding hydrogens is 338 g/mol. The molecular formula is C22H21N3O2. The summed E-state index contributed by atoms with van der Waals surface area (Å²) < 4.78 is 0. The largest absolute Gasteiger partial charge is 0.338 e. The SMILES string of the molecule is O=C(c1ccc2c3c(cccc13)CC2)[C@H]1CCCN(C(=O)c2cn[nH]c2)C1. The summed E-state index contributed by atoms with van der Waals surface area (Å²) in [6.45, 7) is 1.17. The molecule has 5 nitrogen and oxygen atoms in total. The van der Waals surface area contributed by atoms with Gasteiger partial charge in [0.2, 0.25) is 0 Å². The lowest BCUT2D eigenvalue weighted by Gasteiger charge is -2.32. The Morgan fingerprint density at radius 3 is 2.78 bits per heavy atom. The minimum atomic E-state index is -0.145. The Morgan fingerprint density at radius 2 is 1.96 bits per heavy atom. The second-order valence-electron chi connectivity index (χ2n) is 7.55. The fourth-order valence-corrected chi connectivity index (χ4v) is 4.61. The van der Waals surface area contributed by atoms with Crippen LogP contribution in [0.3, 0.4) is 0 Å². The van der Waals surface area contributed by atoms with Crippen molar-refractivity contribution in [2.75, 3.05) is 13.1 Å². The third-order valence-corrected chi connectivity index (χ3v) is 5.97. The van der Waals surface area contributed by atoms with Crippen LogP contribution in [0.2, 0.25) is 0 Å². The number of nitrogens with zero attached hydrogens (tertiary/aromatic N) is 2. The third-order valence-electron chi connectivity index (χ3n) is 5.97. The van der Waals surface area contributed by atoms with Crippen LogP contribution >= 0.6 is 0 Å². The van der Waals surface area contributed by atoms with Gasteiger partial charge < -0.3 is 4.90 Å². The number of hydrogen-bond acceptors (Lipinski definition) is 3. The van der Waals surface area contributed by atoms with Gasteiger partial charge >= 0.3 is 0 Å². The van der Waals surface area contributed by atoms with Crippen molar-refractivity contribution < 1.29 is 9.59 Å². The van der Waals surface area contributed by atoms with Gasteiger partial charge in [0.05, 0.1) is 11.8 Å². The Bertz CT molecular complexity index is 1030. The van der Waals surface area contributed by atoms with E-state index in [1.54, 1.807) is 11.1 Å². The molecule has 27 heavy (non-hydrogen) atoms. The molecule has 0 radical (unpaired) electrons. The molecule has 5 rings (SSSR count). The zero-order valence-electron chi connectivity index (χ0n) is 15.1. The molecule has 1 aromatic heterocycles. The lowest BCUT2D eigenvalue weighted by molar-refractivity contribution is 0.0637. The number of H-pyrrole nitrogens is 1. The summed E-state index contributed by atoms with van der Waals surface area (Å²) in [5, 5.41) is 8.88. The summed E-state index contributed by atoms with van der Waals surface area (Å²) in [6.07, 6.45) is 6.94. The second-order valence-corrected chi connectivity index (χ2v) is 7.55. The number of piperidine rings is 1. The first-order chi connectivity index (χ1) is 13.2. The number of aromatic amines is 1. The molecule has 1 atom stereocenters. The normalized spacial score (nSPS) is 18.8. The van der Waals surface area contributed by atoms with Crippen molar-refractivity contribution in [2.45, 2.75) is 25.7 Å². The number of amides is 1. The highest BCUT2D eigenvalue weighted by atomic mass is 16.2. The van der Waals surface area contributed by atoms with Gasteiger partial charge in [-0.2, -0.15) is 5.10 Å². The van der Waals surface area contributed by atoms with Crippen LogP contribution in [0, 0.1) is 5.92 Å². The standard InChI is InChI=1S/C22H21N3O2/c26-21(16-4-2-10-25(13-16)22(27)17-11-23-24-12-17)19-9-8-15-7-6-14-3-1-5-18(19)20(14)15/h1,3,5,8-9,11-12,16H,2,4,6-7,10,13H2,(H,23,24)/t16-/m0/s1. The molecule has 136 valence electrons. The van der Waals surface area contributed by atoms with Gasteiger partial charge in [0.1, 0.15) is 0 Å². The van der Waals surface area contributed by atoms with Crippen molar-refractivity contribution in [1.82, 2.24) is 15.1 Å². The fourth-order valence-electron chi connectivity index (χ4n) is 4.61. The highest BCUT2D eigenvalue weighted by Crippen LogP contribution is 2.34. The van der Waals surface area contributed by atoms with Crippen LogP contribution in [0.4, 0.5) is 0 Å². The quantitative estimate of drug-likeness (QED) is 0.729. The lowest BCUT2D eigenvalue weighted by Crippen LogP contribution is -2.42. The molecule has 2 aliphatic rings. The number of carbonyl (C=O) groups excluding carboxylic acids is 2. The van der Waals surface area contributed by atoms with E-state index in [0.717, 1.165) is 36.6 Å². The maximum absolute atomic E-state index is 13.4. The number of benzene rings is 2. The van der Waals surface area contributed by atoms with Gasteiger partial charge in [-0.1, -0.05) is 30.3 Å². The van der Waals surface area contributed by atoms with E-state index in [9.17, 15) is 9.59 Å². The Balaban J connectivity index is 1.45. The number of aryl methyl sites for hydroxylation is 2. The Labute approximate surface area is 157 Å². The zero-order valence-corrected chi connectivity index (χ0v) is 15.1. The van der Waals surface area contributed by atoms with E-state index in [0.29, 0.717) is 18.7 Å². The van der Waals surface area contributed by atoms with Gasteiger partial charge in [-0.25, -0.2) is 0 Å². The summed E-state index contributed by atoms with van der Waals surface area (Å²) in [5.41, 5.74) is 4.05. The van der Waals surface area contributed by atoms with E-state index in [2.05, 4.69) is 34.5 Å². The van der Waals surface area contributed by atoms with Gasteiger partial charge in [0.15, 0.2) is 5.78 Å².